The molecule has 5 heteroatoms. The van der Waals surface area contributed by atoms with Crippen LogP contribution in [0, 0.1) is 3.57 Å². The van der Waals surface area contributed by atoms with Crippen LogP contribution in [0.1, 0.15) is 49.9 Å². The fraction of sp³-hybridized carbons (Fsp3) is 0.364. The molecule has 1 aliphatic rings. The largest absolute Gasteiger partial charge is 0.489 e. The Morgan fingerprint density at radius 3 is 2.48 bits per heavy atom. The summed E-state index contributed by atoms with van der Waals surface area (Å²) in [6, 6.07) is 15.9. The lowest BCUT2D eigenvalue weighted by Crippen LogP contribution is -2.37. The summed E-state index contributed by atoms with van der Waals surface area (Å²) >= 11 is 2.35. The van der Waals surface area contributed by atoms with E-state index < -0.39 is 5.92 Å². The number of alkyl halides is 2. The van der Waals surface area contributed by atoms with Crippen LogP contribution in [0.2, 0.25) is 0 Å². The van der Waals surface area contributed by atoms with E-state index in [1.807, 2.05) is 48.5 Å². The smallest absolute Gasteiger partial charge is 0.252 e. The summed E-state index contributed by atoms with van der Waals surface area (Å²) in [5, 5.41) is 1.08. The van der Waals surface area contributed by atoms with Crippen molar-refractivity contribution in [2.24, 2.45) is 0 Å². The van der Waals surface area contributed by atoms with Gasteiger partial charge in [0.25, 0.3) is 5.92 Å². The third-order valence-electron chi connectivity index (χ3n) is 5.18. The topological polar surface area (TPSA) is 14.2 Å². The zero-order chi connectivity index (χ0) is 19.2. The average molecular weight is 481 g/mol. The number of rotatable bonds is 5. The first-order chi connectivity index (χ1) is 12.9. The zero-order valence-corrected chi connectivity index (χ0v) is 17.5. The molecule has 4 rings (SSSR count). The lowest BCUT2D eigenvalue weighted by molar-refractivity contribution is -0.103. The van der Waals surface area contributed by atoms with Crippen LogP contribution in [0.3, 0.4) is 0 Å². The summed E-state index contributed by atoms with van der Waals surface area (Å²) < 4.78 is 36.3. The van der Waals surface area contributed by atoms with E-state index in [-0.39, 0.29) is 24.8 Å². The molecule has 3 aromatic rings. The molecule has 2 aromatic carbocycles. The Kier molecular flexibility index (Phi) is 4.91. The summed E-state index contributed by atoms with van der Waals surface area (Å²) in [5.41, 5.74) is 3.28. The van der Waals surface area contributed by atoms with Gasteiger partial charge in [-0.15, -0.1) is 0 Å². The number of halogens is 3. The van der Waals surface area contributed by atoms with Crippen molar-refractivity contribution < 1.29 is 13.5 Å². The van der Waals surface area contributed by atoms with E-state index in [2.05, 4.69) is 41.0 Å². The van der Waals surface area contributed by atoms with Crippen molar-refractivity contribution in [2.45, 2.75) is 51.2 Å². The van der Waals surface area contributed by atoms with Crippen molar-refractivity contribution in [3.8, 4) is 5.75 Å². The standard InChI is InChI=1S/C22H22F2INO/c1-14(2)21-20(25)18-10-17(27-13-15-6-4-3-5-7-15)8-9-19(18)26(21)16-11-22(23,24)12-16/h3-10,14,16H,11-13H2,1-2H3. The van der Waals surface area contributed by atoms with Gasteiger partial charge in [0.1, 0.15) is 12.4 Å². The molecule has 2 nitrogen and oxygen atoms in total. The second-order valence-electron chi connectivity index (χ2n) is 7.60. The first-order valence-corrected chi connectivity index (χ1v) is 10.3. The molecule has 1 heterocycles. The summed E-state index contributed by atoms with van der Waals surface area (Å²) in [7, 11) is 0. The molecular weight excluding hydrogens is 459 g/mol. The van der Waals surface area contributed by atoms with Gasteiger partial charge in [0.05, 0.1) is 0 Å². The summed E-state index contributed by atoms with van der Waals surface area (Å²) in [5.74, 6) is -1.46. The van der Waals surface area contributed by atoms with Crippen LogP contribution in [0.25, 0.3) is 10.9 Å². The number of fused-ring (bicyclic) bond motifs is 1. The van der Waals surface area contributed by atoms with Crippen LogP contribution < -0.4 is 4.74 Å². The van der Waals surface area contributed by atoms with E-state index in [1.165, 1.54) is 0 Å². The first-order valence-electron chi connectivity index (χ1n) is 9.23. The molecule has 1 aromatic heterocycles. The molecule has 0 unspecified atom stereocenters. The van der Waals surface area contributed by atoms with Crippen LogP contribution in [-0.4, -0.2) is 10.5 Å². The minimum atomic E-state index is -2.53. The molecular formula is C22H22F2INO. The quantitative estimate of drug-likeness (QED) is 0.361. The van der Waals surface area contributed by atoms with Crippen molar-refractivity contribution in [1.82, 2.24) is 4.57 Å². The highest BCUT2D eigenvalue weighted by Gasteiger charge is 2.47. The summed E-state index contributed by atoms with van der Waals surface area (Å²) in [4.78, 5) is 0. The molecule has 0 saturated heterocycles. The van der Waals surface area contributed by atoms with E-state index in [0.717, 1.165) is 31.5 Å². The van der Waals surface area contributed by atoms with Crippen molar-refractivity contribution in [1.29, 1.82) is 0 Å². The van der Waals surface area contributed by atoms with E-state index in [9.17, 15) is 8.78 Å². The maximum Gasteiger partial charge on any atom is 0.252 e. The van der Waals surface area contributed by atoms with Crippen LogP contribution >= 0.6 is 22.6 Å². The Bertz CT molecular complexity index is 957. The van der Waals surface area contributed by atoms with Gasteiger partial charge in [-0.25, -0.2) is 8.78 Å². The van der Waals surface area contributed by atoms with Crippen LogP contribution in [-0.2, 0) is 6.61 Å². The Labute approximate surface area is 171 Å². The van der Waals surface area contributed by atoms with Crippen molar-refractivity contribution in [3.63, 3.8) is 0 Å². The van der Waals surface area contributed by atoms with Gasteiger partial charge in [0.2, 0.25) is 0 Å². The molecule has 1 saturated carbocycles. The van der Waals surface area contributed by atoms with E-state index >= 15 is 0 Å². The van der Waals surface area contributed by atoms with Crippen molar-refractivity contribution in [2.75, 3.05) is 0 Å². The Hall–Kier alpha value is -1.63. The molecule has 0 atom stereocenters. The number of hydrogen-bond donors (Lipinski definition) is 0. The van der Waals surface area contributed by atoms with Gasteiger partial charge in [0.15, 0.2) is 0 Å². The normalized spacial score (nSPS) is 16.7. The van der Waals surface area contributed by atoms with Gasteiger partial charge < -0.3 is 9.30 Å². The number of benzene rings is 2. The van der Waals surface area contributed by atoms with Crippen molar-refractivity contribution in [3.05, 3.63) is 63.4 Å². The number of aromatic nitrogens is 1. The highest BCUT2D eigenvalue weighted by Crippen LogP contribution is 2.49. The minimum Gasteiger partial charge on any atom is -0.489 e. The van der Waals surface area contributed by atoms with Gasteiger partial charge in [-0.2, -0.15) is 0 Å². The van der Waals surface area contributed by atoms with E-state index in [4.69, 9.17) is 4.74 Å². The highest BCUT2D eigenvalue weighted by atomic mass is 127. The third kappa shape index (κ3) is 3.58. The van der Waals surface area contributed by atoms with Gasteiger partial charge in [0, 0.05) is 39.1 Å². The van der Waals surface area contributed by atoms with Gasteiger partial charge in [-0.05, 0) is 52.3 Å². The molecule has 0 amide bonds. The predicted molar refractivity (Wildman–Crippen MR) is 113 cm³/mol. The summed E-state index contributed by atoms with van der Waals surface area (Å²) in [6.07, 6.45) is -0.141. The lowest BCUT2D eigenvalue weighted by atomic mass is 9.87. The second kappa shape index (κ2) is 7.08. The first kappa shape index (κ1) is 18.7. The molecule has 0 spiro atoms. The van der Waals surface area contributed by atoms with E-state index in [0.29, 0.717) is 6.61 Å². The van der Waals surface area contributed by atoms with Gasteiger partial charge in [-0.1, -0.05) is 44.2 Å². The summed E-state index contributed by atoms with van der Waals surface area (Å²) in [6.45, 7) is 4.75. The molecule has 0 N–H and O–H groups in total. The lowest BCUT2D eigenvalue weighted by Gasteiger charge is -2.38. The number of nitrogens with zero attached hydrogens (tertiary/aromatic N) is 1. The molecule has 0 aliphatic heterocycles. The third-order valence-corrected chi connectivity index (χ3v) is 6.31. The SMILES string of the molecule is CC(C)c1c(I)c2cc(OCc3ccccc3)ccc2n1C1CC(F)(F)C1. The number of ether oxygens (including phenoxy) is 1. The maximum atomic E-state index is 13.5. The second-order valence-corrected chi connectivity index (χ2v) is 8.67. The predicted octanol–water partition coefficient (Wildman–Crippen LogP) is 6.92. The highest BCUT2D eigenvalue weighted by molar-refractivity contribution is 14.1. The molecule has 0 bridgehead atoms. The maximum absolute atomic E-state index is 13.5. The number of hydrogen-bond acceptors (Lipinski definition) is 1. The Morgan fingerprint density at radius 1 is 1.15 bits per heavy atom. The Morgan fingerprint density at radius 2 is 1.85 bits per heavy atom. The fourth-order valence-corrected chi connectivity index (χ4v) is 5.16. The minimum absolute atomic E-state index is 0.0706. The monoisotopic (exact) mass is 481 g/mol. The fourth-order valence-electron chi connectivity index (χ4n) is 3.84. The van der Waals surface area contributed by atoms with Crippen LogP contribution in [0.5, 0.6) is 5.75 Å². The van der Waals surface area contributed by atoms with Crippen LogP contribution in [0.4, 0.5) is 8.78 Å². The molecule has 1 fully saturated rings. The van der Waals surface area contributed by atoms with Gasteiger partial charge >= 0.3 is 0 Å². The van der Waals surface area contributed by atoms with E-state index in [1.54, 1.807) is 0 Å². The molecule has 0 radical (unpaired) electrons. The molecule has 1 aliphatic carbocycles. The van der Waals surface area contributed by atoms with Crippen molar-refractivity contribution >= 4 is 33.5 Å². The van der Waals surface area contributed by atoms with Gasteiger partial charge in [-0.3, -0.25) is 0 Å². The average Bonchev–Trinajstić information content (AvgIpc) is 2.91. The molecule has 142 valence electrons. The molecule has 27 heavy (non-hydrogen) atoms. The van der Waals surface area contributed by atoms with Crippen LogP contribution in [0.15, 0.2) is 48.5 Å². The Balaban J connectivity index is 1.68. The zero-order valence-electron chi connectivity index (χ0n) is 15.4.